The van der Waals surface area contributed by atoms with Crippen LogP contribution in [-0.2, 0) is 0 Å². The average molecular weight is 181 g/mol. The third-order valence-corrected chi connectivity index (χ3v) is 3.82. The molecule has 0 saturated heterocycles. The van der Waals surface area contributed by atoms with Crippen molar-refractivity contribution >= 4 is 5.71 Å². The van der Waals surface area contributed by atoms with E-state index in [0.29, 0.717) is 10.8 Å². The van der Waals surface area contributed by atoms with Gasteiger partial charge in [-0.15, -0.1) is 0 Å². The maximum atomic E-state index is 8.86. The van der Waals surface area contributed by atoms with Crippen LogP contribution in [0.2, 0.25) is 0 Å². The maximum absolute atomic E-state index is 8.86. The lowest BCUT2D eigenvalue weighted by molar-refractivity contribution is 0.0739. The minimum absolute atomic E-state index is 0.423. The van der Waals surface area contributed by atoms with Crippen LogP contribution in [-0.4, -0.2) is 10.9 Å². The molecule has 0 aromatic carbocycles. The summed E-state index contributed by atoms with van der Waals surface area (Å²) in [5, 5.41) is 12.3. The maximum Gasteiger partial charge on any atom is 0.0581 e. The standard InChI is InChI=1S/C11H19NO/c1-10-4-3-5-11(2,8-10)7-9(6-10)12-13/h13H,3-8H2,1-2H3. The number of oxime groups is 1. The summed E-state index contributed by atoms with van der Waals surface area (Å²) in [7, 11) is 0. The highest BCUT2D eigenvalue weighted by atomic mass is 16.4. The Morgan fingerprint density at radius 3 is 2.15 bits per heavy atom. The smallest absolute Gasteiger partial charge is 0.0581 e. The summed E-state index contributed by atoms with van der Waals surface area (Å²) in [6, 6.07) is 0. The monoisotopic (exact) mass is 181 g/mol. The van der Waals surface area contributed by atoms with Crippen molar-refractivity contribution in [3.05, 3.63) is 0 Å². The molecule has 0 aromatic heterocycles. The van der Waals surface area contributed by atoms with Crippen molar-refractivity contribution in [3.8, 4) is 0 Å². The third kappa shape index (κ3) is 1.59. The molecule has 2 fully saturated rings. The van der Waals surface area contributed by atoms with Gasteiger partial charge in [0, 0.05) is 0 Å². The zero-order valence-electron chi connectivity index (χ0n) is 8.64. The summed E-state index contributed by atoms with van der Waals surface area (Å²) >= 11 is 0. The number of fused-ring (bicyclic) bond motifs is 2. The van der Waals surface area contributed by atoms with Crippen molar-refractivity contribution < 1.29 is 5.21 Å². The van der Waals surface area contributed by atoms with Crippen LogP contribution in [0.4, 0.5) is 0 Å². The Morgan fingerprint density at radius 2 is 1.69 bits per heavy atom. The Bertz CT molecular complexity index is 228. The fraction of sp³-hybridized carbons (Fsp3) is 0.909. The van der Waals surface area contributed by atoms with Gasteiger partial charge in [0.1, 0.15) is 0 Å². The predicted molar refractivity (Wildman–Crippen MR) is 53.1 cm³/mol. The highest BCUT2D eigenvalue weighted by Crippen LogP contribution is 2.54. The second-order valence-corrected chi connectivity index (χ2v) is 5.67. The van der Waals surface area contributed by atoms with E-state index in [1.54, 1.807) is 0 Å². The molecule has 2 atom stereocenters. The van der Waals surface area contributed by atoms with Gasteiger partial charge >= 0.3 is 0 Å². The van der Waals surface area contributed by atoms with Gasteiger partial charge in [-0.3, -0.25) is 0 Å². The van der Waals surface area contributed by atoms with Crippen LogP contribution in [0.3, 0.4) is 0 Å². The van der Waals surface area contributed by atoms with E-state index < -0.39 is 0 Å². The molecule has 2 bridgehead atoms. The van der Waals surface area contributed by atoms with Crippen LogP contribution in [0.25, 0.3) is 0 Å². The summed E-state index contributed by atoms with van der Waals surface area (Å²) < 4.78 is 0. The summed E-state index contributed by atoms with van der Waals surface area (Å²) in [4.78, 5) is 0. The fourth-order valence-corrected chi connectivity index (χ4v) is 3.57. The first-order valence-electron chi connectivity index (χ1n) is 5.25. The molecular weight excluding hydrogens is 162 g/mol. The normalized spacial score (nSPS) is 44.6. The molecule has 0 aromatic rings. The Labute approximate surface area is 80.0 Å². The fourth-order valence-electron chi connectivity index (χ4n) is 3.57. The Balaban J connectivity index is 2.25. The number of rotatable bonds is 0. The van der Waals surface area contributed by atoms with E-state index >= 15 is 0 Å². The molecule has 1 N–H and O–H groups in total. The van der Waals surface area contributed by atoms with E-state index in [4.69, 9.17) is 5.21 Å². The number of hydrogen-bond acceptors (Lipinski definition) is 2. The molecule has 2 heteroatoms. The van der Waals surface area contributed by atoms with Crippen LogP contribution in [0.1, 0.15) is 52.4 Å². The molecule has 2 rings (SSSR count). The molecule has 2 saturated carbocycles. The molecule has 13 heavy (non-hydrogen) atoms. The highest BCUT2D eigenvalue weighted by Gasteiger charge is 2.44. The van der Waals surface area contributed by atoms with Crippen molar-refractivity contribution in [2.45, 2.75) is 52.4 Å². The van der Waals surface area contributed by atoms with Crippen molar-refractivity contribution in [2.24, 2.45) is 16.0 Å². The van der Waals surface area contributed by atoms with Gasteiger partial charge in [-0.1, -0.05) is 25.4 Å². The largest absolute Gasteiger partial charge is 0.411 e. The molecule has 2 aliphatic carbocycles. The van der Waals surface area contributed by atoms with Gasteiger partial charge in [0.15, 0.2) is 0 Å². The minimum Gasteiger partial charge on any atom is -0.411 e. The van der Waals surface area contributed by atoms with E-state index in [9.17, 15) is 0 Å². The van der Waals surface area contributed by atoms with Crippen LogP contribution in [0, 0.1) is 10.8 Å². The molecular formula is C11H19NO. The van der Waals surface area contributed by atoms with Crippen LogP contribution < -0.4 is 0 Å². The lowest BCUT2D eigenvalue weighted by Crippen LogP contribution is -2.41. The van der Waals surface area contributed by atoms with Gasteiger partial charge in [0.05, 0.1) is 5.71 Å². The summed E-state index contributed by atoms with van der Waals surface area (Å²) in [6.07, 6.45) is 7.31. The molecule has 2 unspecified atom stereocenters. The Kier molecular flexibility index (Phi) is 1.90. The van der Waals surface area contributed by atoms with E-state index in [1.165, 1.54) is 25.7 Å². The van der Waals surface area contributed by atoms with Crippen molar-refractivity contribution in [1.29, 1.82) is 0 Å². The number of hydrogen-bond donors (Lipinski definition) is 1. The van der Waals surface area contributed by atoms with Gasteiger partial charge in [-0.2, -0.15) is 0 Å². The highest BCUT2D eigenvalue weighted by molar-refractivity contribution is 5.86. The molecule has 2 aliphatic rings. The Morgan fingerprint density at radius 1 is 1.15 bits per heavy atom. The molecule has 0 spiro atoms. The molecule has 2 nitrogen and oxygen atoms in total. The Hall–Kier alpha value is -0.530. The second kappa shape index (κ2) is 2.73. The lowest BCUT2D eigenvalue weighted by atomic mass is 9.56. The topological polar surface area (TPSA) is 32.6 Å². The first kappa shape index (κ1) is 9.04. The van der Waals surface area contributed by atoms with E-state index in [-0.39, 0.29) is 0 Å². The molecule has 0 amide bonds. The summed E-state index contributed by atoms with van der Waals surface area (Å²) in [5.74, 6) is 0. The number of nitrogens with zero attached hydrogens (tertiary/aromatic N) is 1. The molecule has 0 heterocycles. The van der Waals surface area contributed by atoms with Gasteiger partial charge in [-0.05, 0) is 42.9 Å². The average Bonchev–Trinajstić information content (AvgIpc) is 2.00. The van der Waals surface area contributed by atoms with Crippen LogP contribution in [0.5, 0.6) is 0 Å². The van der Waals surface area contributed by atoms with Crippen molar-refractivity contribution in [3.63, 3.8) is 0 Å². The van der Waals surface area contributed by atoms with Crippen molar-refractivity contribution in [1.82, 2.24) is 0 Å². The second-order valence-electron chi connectivity index (χ2n) is 5.67. The first-order chi connectivity index (χ1) is 6.05. The summed E-state index contributed by atoms with van der Waals surface area (Å²) in [6.45, 7) is 4.68. The van der Waals surface area contributed by atoms with Crippen LogP contribution in [0.15, 0.2) is 5.16 Å². The predicted octanol–water partition coefficient (Wildman–Crippen LogP) is 3.20. The third-order valence-electron chi connectivity index (χ3n) is 3.82. The summed E-state index contributed by atoms with van der Waals surface area (Å²) in [5.41, 5.74) is 1.87. The molecule has 0 radical (unpaired) electrons. The zero-order valence-corrected chi connectivity index (χ0v) is 8.64. The molecule has 74 valence electrons. The minimum atomic E-state index is 0.423. The van der Waals surface area contributed by atoms with E-state index in [2.05, 4.69) is 19.0 Å². The quantitative estimate of drug-likeness (QED) is 0.451. The van der Waals surface area contributed by atoms with E-state index in [1.807, 2.05) is 0 Å². The first-order valence-corrected chi connectivity index (χ1v) is 5.25. The SMILES string of the molecule is CC12CCCC(C)(CC(=NO)C1)C2. The van der Waals surface area contributed by atoms with Gasteiger partial charge in [-0.25, -0.2) is 0 Å². The van der Waals surface area contributed by atoms with Crippen LogP contribution >= 0.6 is 0 Å². The van der Waals surface area contributed by atoms with E-state index in [0.717, 1.165) is 18.6 Å². The van der Waals surface area contributed by atoms with Gasteiger partial charge < -0.3 is 5.21 Å². The van der Waals surface area contributed by atoms with Gasteiger partial charge in [0.25, 0.3) is 0 Å². The van der Waals surface area contributed by atoms with Crippen molar-refractivity contribution in [2.75, 3.05) is 0 Å². The van der Waals surface area contributed by atoms with Gasteiger partial charge in [0.2, 0.25) is 0 Å². The molecule has 0 aliphatic heterocycles. The zero-order chi connectivity index (χ0) is 9.53. The lowest BCUT2D eigenvalue weighted by Gasteiger charge is -2.49.